The molecule has 21 heavy (non-hydrogen) atoms. The van der Waals surface area contributed by atoms with Crippen molar-refractivity contribution < 1.29 is 4.52 Å². The van der Waals surface area contributed by atoms with Gasteiger partial charge >= 0.3 is 0 Å². The smallest absolute Gasteiger partial charge is 0.226 e. The first-order chi connectivity index (χ1) is 10.2. The Morgan fingerprint density at radius 3 is 2.95 bits per heavy atom. The van der Waals surface area contributed by atoms with Crippen molar-refractivity contribution >= 4 is 11.8 Å². The summed E-state index contributed by atoms with van der Waals surface area (Å²) in [4.78, 5) is 4.26. The van der Waals surface area contributed by atoms with E-state index >= 15 is 0 Å². The van der Waals surface area contributed by atoms with Crippen molar-refractivity contribution in [1.29, 1.82) is 0 Å². The molecule has 0 unspecified atom stereocenters. The van der Waals surface area contributed by atoms with Gasteiger partial charge in [-0.2, -0.15) is 4.98 Å². The van der Waals surface area contributed by atoms with E-state index in [-0.39, 0.29) is 0 Å². The van der Waals surface area contributed by atoms with Gasteiger partial charge in [-0.1, -0.05) is 37.7 Å². The molecule has 0 fully saturated rings. The van der Waals surface area contributed by atoms with Crippen LogP contribution in [0.5, 0.6) is 0 Å². The molecule has 8 nitrogen and oxygen atoms in total. The zero-order chi connectivity index (χ0) is 15.1. The highest BCUT2D eigenvalue weighted by Crippen LogP contribution is 2.18. The van der Waals surface area contributed by atoms with E-state index in [9.17, 15) is 0 Å². The van der Waals surface area contributed by atoms with Gasteiger partial charge < -0.3 is 9.84 Å². The number of rotatable bonds is 9. The minimum absolute atomic E-state index is 0.600. The van der Waals surface area contributed by atoms with Gasteiger partial charge in [-0.3, -0.25) is 0 Å². The second-order valence-electron chi connectivity index (χ2n) is 5.03. The van der Waals surface area contributed by atoms with E-state index in [1.54, 1.807) is 4.68 Å². The first-order valence-corrected chi connectivity index (χ1v) is 8.08. The second-order valence-corrected chi connectivity index (χ2v) is 5.97. The van der Waals surface area contributed by atoms with Crippen LogP contribution < -0.4 is 5.32 Å². The van der Waals surface area contributed by atoms with Crippen LogP contribution in [0.4, 0.5) is 0 Å². The van der Waals surface area contributed by atoms with Crippen LogP contribution in [0.2, 0.25) is 0 Å². The third kappa shape index (κ3) is 5.09. The Balaban J connectivity index is 1.79. The zero-order valence-corrected chi connectivity index (χ0v) is 13.4. The van der Waals surface area contributed by atoms with Gasteiger partial charge in [0.2, 0.25) is 11.0 Å². The lowest BCUT2D eigenvalue weighted by Gasteiger charge is -2.07. The fraction of sp³-hybridized carbons (Fsp3) is 0.750. The highest BCUT2D eigenvalue weighted by atomic mass is 32.2. The summed E-state index contributed by atoms with van der Waals surface area (Å²) in [5, 5.41) is 19.8. The normalized spacial score (nSPS) is 11.4. The van der Waals surface area contributed by atoms with Gasteiger partial charge in [0.15, 0.2) is 5.82 Å². The maximum atomic E-state index is 5.07. The number of nitrogens with zero attached hydrogens (tertiary/aromatic N) is 6. The van der Waals surface area contributed by atoms with Gasteiger partial charge in [-0.05, 0) is 22.9 Å². The average Bonchev–Trinajstić information content (AvgIpc) is 3.10. The first kappa shape index (κ1) is 15.9. The largest absolute Gasteiger partial charge is 0.339 e. The number of thioether (sulfide) groups is 1. The Kier molecular flexibility index (Phi) is 6.12. The van der Waals surface area contributed by atoms with Crippen LogP contribution in [0, 0.1) is 5.92 Å². The highest BCUT2D eigenvalue weighted by molar-refractivity contribution is 7.98. The third-order valence-corrected chi connectivity index (χ3v) is 3.65. The fourth-order valence-corrected chi connectivity index (χ4v) is 2.38. The van der Waals surface area contributed by atoms with E-state index in [2.05, 4.69) is 44.8 Å². The molecule has 116 valence electrons. The monoisotopic (exact) mass is 311 g/mol. The quantitative estimate of drug-likeness (QED) is 0.544. The van der Waals surface area contributed by atoms with Crippen LogP contribution in [0.3, 0.4) is 0 Å². The molecule has 2 aromatic heterocycles. The molecule has 2 rings (SSSR count). The molecule has 0 spiro atoms. The summed E-state index contributed by atoms with van der Waals surface area (Å²) in [6, 6.07) is 0. The highest BCUT2D eigenvalue weighted by Gasteiger charge is 2.10. The SMILES string of the molecule is CCc1nc(CSc2nnnn2CCNCC(C)C)no1. The number of hydrogen-bond donors (Lipinski definition) is 1. The standard InChI is InChI=1S/C12H21N7OS/c1-4-11-14-10(16-20-11)8-21-12-15-17-18-19(12)6-5-13-7-9(2)3/h9,13H,4-8H2,1-3H3. The van der Waals surface area contributed by atoms with Gasteiger partial charge in [0.25, 0.3) is 0 Å². The molecule has 0 aliphatic rings. The minimum Gasteiger partial charge on any atom is -0.339 e. The molecular formula is C12H21N7OS. The van der Waals surface area contributed by atoms with E-state index in [1.165, 1.54) is 11.8 Å². The Morgan fingerprint density at radius 2 is 2.24 bits per heavy atom. The van der Waals surface area contributed by atoms with Gasteiger partial charge in [0, 0.05) is 13.0 Å². The van der Waals surface area contributed by atoms with Gasteiger partial charge in [0.05, 0.1) is 12.3 Å². The molecule has 0 aliphatic carbocycles. The zero-order valence-electron chi connectivity index (χ0n) is 12.6. The molecule has 0 atom stereocenters. The van der Waals surface area contributed by atoms with Gasteiger partial charge in [-0.15, -0.1) is 5.10 Å². The van der Waals surface area contributed by atoms with Crippen molar-refractivity contribution in [1.82, 2.24) is 35.7 Å². The summed E-state index contributed by atoms with van der Waals surface area (Å²) in [7, 11) is 0. The van der Waals surface area contributed by atoms with Crippen molar-refractivity contribution in [3.8, 4) is 0 Å². The van der Waals surface area contributed by atoms with Crippen molar-refractivity contribution in [2.24, 2.45) is 5.92 Å². The maximum Gasteiger partial charge on any atom is 0.226 e. The summed E-state index contributed by atoms with van der Waals surface area (Å²) < 4.78 is 6.86. The average molecular weight is 311 g/mol. The number of hydrogen-bond acceptors (Lipinski definition) is 8. The Bertz CT molecular complexity index is 539. The van der Waals surface area contributed by atoms with Gasteiger partial charge in [0.1, 0.15) is 0 Å². The molecule has 0 radical (unpaired) electrons. The van der Waals surface area contributed by atoms with E-state index in [4.69, 9.17) is 4.52 Å². The number of tetrazole rings is 1. The summed E-state index contributed by atoms with van der Waals surface area (Å²) in [6.07, 6.45) is 0.747. The first-order valence-electron chi connectivity index (χ1n) is 7.10. The molecule has 0 bridgehead atoms. The summed E-state index contributed by atoms with van der Waals surface area (Å²) in [6.45, 7) is 8.93. The van der Waals surface area contributed by atoms with Crippen molar-refractivity contribution in [2.45, 2.75) is 44.6 Å². The van der Waals surface area contributed by atoms with Crippen LogP contribution in [0.15, 0.2) is 9.68 Å². The number of aromatic nitrogens is 6. The summed E-state index contributed by atoms with van der Waals surface area (Å²) >= 11 is 1.51. The Labute approximate surface area is 128 Å². The van der Waals surface area contributed by atoms with Crippen molar-refractivity contribution in [3.05, 3.63) is 11.7 Å². The molecule has 0 aromatic carbocycles. The molecule has 0 saturated carbocycles. The van der Waals surface area contributed by atoms with Crippen LogP contribution >= 0.6 is 11.8 Å². The predicted molar refractivity (Wildman–Crippen MR) is 78.8 cm³/mol. The molecular weight excluding hydrogens is 290 g/mol. The summed E-state index contributed by atoms with van der Waals surface area (Å²) in [5.74, 6) is 2.56. The van der Waals surface area contributed by atoms with E-state index in [0.717, 1.165) is 31.2 Å². The lowest BCUT2D eigenvalue weighted by atomic mass is 10.2. The molecule has 0 saturated heterocycles. The van der Waals surface area contributed by atoms with E-state index < -0.39 is 0 Å². The third-order valence-electron chi connectivity index (χ3n) is 2.69. The van der Waals surface area contributed by atoms with Crippen LogP contribution in [0.25, 0.3) is 0 Å². The minimum atomic E-state index is 0.600. The van der Waals surface area contributed by atoms with Crippen LogP contribution in [-0.4, -0.2) is 43.4 Å². The topological polar surface area (TPSA) is 94.5 Å². The second kappa shape index (κ2) is 8.08. The van der Waals surface area contributed by atoms with Crippen LogP contribution in [0.1, 0.15) is 32.5 Å². The fourth-order valence-electron chi connectivity index (χ4n) is 1.64. The lowest BCUT2D eigenvalue weighted by Crippen LogP contribution is -2.24. The van der Waals surface area contributed by atoms with E-state index in [1.807, 2.05) is 6.92 Å². The Morgan fingerprint density at radius 1 is 1.38 bits per heavy atom. The van der Waals surface area contributed by atoms with E-state index in [0.29, 0.717) is 23.4 Å². The van der Waals surface area contributed by atoms with Crippen molar-refractivity contribution in [2.75, 3.05) is 13.1 Å². The molecule has 0 amide bonds. The maximum absolute atomic E-state index is 5.07. The number of nitrogens with one attached hydrogen (secondary N) is 1. The molecule has 9 heteroatoms. The number of aryl methyl sites for hydroxylation is 1. The molecule has 2 aromatic rings. The Hall–Kier alpha value is -1.48. The van der Waals surface area contributed by atoms with Crippen molar-refractivity contribution in [3.63, 3.8) is 0 Å². The summed E-state index contributed by atoms with van der Waals surface area (Å²) in [5.41, 5.74) is 0. The predicted octanol–water partition coefficient (Wildman–Crippen LogP) is 1.16. The van der Waals surface area contributed by atoms with Gasteiger partial charge in [-0.25, -0.2) is 4.68 Å². The van der Waals surface area contributed by atoms with Crippen LogP contribution in [-0.2, 0) is 18.7 Å². The molecule has 2 heterocycles. The molecule has 0 aliphatic heterocycles. The lowest BCUT2D eigenvalue weighted by molar-refractivity contribution is 0.378. The molecule has 1 N–H and O–H groups in total.